The summed E-state index contributed by atoms with van der Waals surface area (Å²) in [5.74, 6) is -2.16. The van der Waals surface area contributed by atoms with Crippen molar-refractivity contribution in [3.8, 4) is 12.1 Å². The van der Waals surface area contributed by atoms with E-state index in [2.05, 4.69) is 50.9 Å². The highest BCUT2D eigenvalue weighted by atomic mass is 35.5. The molecule has 71 heavy (non-hydrogen) atoms. The van der Waals surface area contributed by atoms with Crippen LogP contribution in [0.25, 0.3) is 10.8 Å². The maximum atomic E-state index is 12.6. The lowest BCUT2D eigenvalue weighted by Crippen LogP contribution is -2.50. The van der Waals surface area contributed by atoms with Crippen LogP contribution in [0, 0.1) is 11.3 Å². The molecule has 0 unspecified atom stereocenters. The van der Waals surface area contributed by atoms with Crippen molar-refractivity contribution >= 4 is 63.6 Å². The van der Waals surface area contributed by atoms with Gasteiger partial charge in [-0.1, -0.05) is 42.4 Å². The van der Waals surface area contributed by atoms with Crippen molar-refractivity contribution in [2.75, 3.05) is 154 Å². The molecule has 0 bridgehead atoms. The summed E-state index contributed by atoms with van der Waals surface area (Å²) in [6, 6.07) is 14.4. The lowest BCUT2D eigenvalue weighted by molar-refractivity contribution is -0.140. The van der Waals surface area contributed by atoms with Gasteiger partial charge in [0.15, 0.2) is 0 Å². The summed E-state index contributed by atoms with van der Waals surface area (Å²) in [7, 11) is 1.59. The number of hydrogen-bond donors (Lipinski definition) is 4. The maximum Gasteiger partial charge on any atom is 0.318 e. The number of methoxy groups -OCH3 is 1. The predicted octanol–water partition coefficient (Wildman–Crippen LogP) is 1.89. The Labute approximate surface area is 420 Å². The van der Waals surface area contributed by atoms with E-state index in [1.165, 1.54) is 25.8 Å². The highest BCUT2D eigenvalue weighted by Crippen LogP contribution is 2.37. The minimum absolute atomic E-state index is 0.0265. The fourth-order valence-corrected chi connectivity index (χ4v) is 9.44. The molecule has 5 heterocycles. The van der Waals surface area contributed by atoms with Crippen molar-refractivity contribution in [3.05, 3.63) is 65.3 Å². The summed E-state index contributed by atoms with van der Waals surface area (Å²) in [5.41, 5.74) is 3.23. The second-order valence-corrected chi connectivity index (χ2v) is 18.1. The van der Waals surface area contributed by atoms with Crippen molar-refractivity contribution < 1.29 is 44.0 Å². The number of ether oxygens (including phenoxy) is 1. The second-order valence-electron chi connectivity index (χ2n) is 17.7. The largest absolute Gasteiger partial charge is 0.480 e. The summed E-state index contributed by atoms with van der Waals surface area (Å²) in [6.07, 6.45) is 4.58. The molecule has 4 aliphatic rings. The zero-order valence-corrected chi connectivity index (χ0v) is 41.8. The number of nitrogens with one attached hydrogen (secondary N) is 1. The van der Waals surface area contributed by atoms with E-state index in [0.717, 1.165) is 84.2 Å². The average Bonchev–Trinajstić information content (AvgIpc) is 3.87. The number of hydrogen-bond acceptors (Lipinski definition) is 16. The Morgan fingerprint density at radius 2 is 1.25 bits per heavy atom. The highest BCUT2D eigenvalue weighted by molar-refractivity contribution is 6.36. The number of amides is 2. The first kappa shape index (κ1) is 55.8. The molecule has 4 aliphatic heterocycles. The first-order valence-corrected chi connectivity index (χ1v) is 24.5. The normalized spacial score (nSPS) is 17.7. The minimum atomic E-state index is -0.992. The number of nitriles is 1. The third-order valence-electron chi connectivity index (χ3n) is 12.8. The molecule has 22 heteroatoms. The fraction of sp³-hybridized carbons (Fsp3) is 0.551. The van der Waals surface area contributed by atoms with Crippen LogP contribution in [-0.2, 0) is 36.9 Å². The van der Waals surface area contributed by atoms with Crippen LogP contribution < -0.4 is 19.9 Å². The van der Waals surface area contributed by atoms with Crippen molar-refractivity contribution in [3.63, 3.8) is 0 Å². The molecule has 1 aromatic heterocycles. The van der Waals surface area contributed by atoms with Crippen LogP contribution in [0.3, 0.4) is 0 Å². The topological polar surface area (TPSA) is 243 Å². The maximum absolute atomic E-state index is 12.6. The fourth-order valence-electron chi connectivity index (χ4n) is 9.16. The minimum Gasteiger partial charge on any atom is -0.480 e. The van der Waals surface area contributed by atoms with Crippen molar-refractivity contribution in [2.24, 2.45) is 0 Å². The number of anilines is 2. The summed E-state index contributed by atoms with van der Waals surface area (Å²) in [4.78, 5) is 83.7. The van der Waals surface area contributed by atoms with Gasteiger partial charge in [0.1, 0.15) is 5.82 Å². The number of piperazine rings is 1. The molecule has 3 saturated heterocycles. The quantitative estimate of drug-likeness (QED) is 0.159. The average molecular weight is 1010 g/mol. The first-order chi connectivity index (χ1) is 34.2. The van der Waals surface area contributed by atoms with Gasteiger partial charge in [-0.2, -0.15) is 15.2 Å². The molecule has 0 spiro atoms. The lowest BCUT2D eigenvalue weighted by Gasteiger charge is -2.38. The van der Waals surface area contributed by atoms with Gasteiger partial charge in [0.05, 0.1) is 56.6 Å². The Morgan fingerprint density at radius 1 is 0.732 bits per heavy atom. The van der Waals surface area contributed by atoms with Crippen molar-refractivity contribution in [2.45, 2.75) is 32.7 Å². The third-order valence-corrected chi connectivity index (χ3v) is 13.1. The standard InChI is InChI=1S/C25H26ClN5O2.C22H40N6O7.C2H3N/c1-3-22(32)29-12-14-30(15-13-29)24-18-10-11-31(16-20(18)27-25(28-24)33-2)21-9-5-7-17-6-4-8-19(26)23(17)21;29-19(23-3-6-24-4-1-2-5-24)15-25-7-9-26(16-20(30)31)11-13-28(18-22(34)35)14-12-27(10-8-25)17-21(32)33;1-2-3/h3-9H,1,10-16H2,2H3;1-18H2,(H,23,29)(H,30,31)(H,32,33)(H,34,35);1H3. The third kappa shape index (κ3) is 17.6. The first-order valence-electron chi connectivity index (χ1n) is 24.1. The number of halogens is 1. The summed E-state index contributed by atoms with van der Waals surface area (Å²) in [6.45, 7) is 15.4. The van der Waals surface area contributed by atoms with Crippen LogP contribution in [-0.4, -0.2) is 229 Å². The van der Waals surface area contributed by atoms with Gasteiger partial charge >= 0.3 is 23.9 Å². The van der Waals surface area contributed by atoms with E-state index < -0.39 is 17.9 Å². The zero-order chi connectivity index (χ0) is 51.3. The number of likely N-dealkylation sites (tertiary alicyclic amines) is 1. The van der Waals surface area contributed by atoms with E-state index in [1.54, 1.807) is 27.9 Å². The van der Waals surface area contributed by atoms with Gasteiger partial charge in [0.2, 0.25) is 11.8 Å². The number of aliphatic carboxylic acids is 3. The number of rotatable bonds is 15. The summed E-state index contributed by atoms with van der Waals surface area (Å²) < 4.78 is 5.45. The number of aromatic nitrogens is 2. The van der Waals surface area contributed by atoms with E-state index >= 15 is 0 Å². The summed E-state index contributed by atoms with van der Waals surface area (Å²) in [5, 5.41) is 41.0. The van der Waals surface area contributed by atoms with E-state index in [9.17, 15) is 39.3 Å². The van der Waals surface area contributed by atoms with Crippen LogP contribution in [0.15, 0.2) is 49.1 Å². The van der Waals surface area contributed by atoms with Crippen LogP contribution >= 0.6 is 11.6 Å². The molecule has 3 aromatic rings. The molecule has 2 aromatic carbocycles. The number of carbonyl (C=O) groups is 5. The van der Waals surface area contributed by atoms with Crippen LogP contribution in [0.1, 0.15) is 31.0 Å². The van der Waals surface area contributed by atoms with Crippen molar-refractivity contribution in [1.82, 2.24) is 44.7 Å². The van der Waals surface area contributed by atoms with E-state index in [4.69, 9.17) is 31.6 Å². The predicted molar refractivity (Wildman–Crippen MR) is 270 cm³/mol. The smallest absolute Gasteiger partial charge is 0.318 e. The highest BCUT2D eigenvalue weighted by Gasteiger charge is 2.29. The Kier molecular flexibility index (Phi) is 22.5. The molecular weight excluding hydrogens is 936 g/mol. The van der Waals surface area contributed by atoms with Gasteiger partial charge in [-0.15, -0.1) is 0 Å². The Bertz CT molecular complexity index is 2290. The van der Waals surface area contributed by atoms with Gasteiger partial charge in [0, 0.05) is 122 Å². The SMILES string of the molecule is C=CC(=O)N1CCN(c2nc(OC)nc3c2CCN(c2cccc4cccc(Cl)c24)C3)CC1.CC#N.O=C(O)CN1CCN(CC(=O)O)CCN(CC(=O)NCCN2CCCC2)CCN(CC(=O)O)CC1. The van der Waals surface area contributed by atoms with Gasteiger partial charge in [-0.3, -0.25) is 43.6 Å². The molecule has 7 rings (SSSR count). The molecular formula is C49H69ClN12O9. The summed E-state index contributed by atoms with van der Waals surface area (Å²) >= 11 is 6.59. The number of carboxylic acids is 3. The number of carboxylic acid groups (broad SMARTS) is 3. The van der Waals surface area contributed by atoms with Crippen LogP contribution in [0.4, 0.5) is 11.5 Å². The molecule has 0 radical (unpaired) electrons. The van der Waals surface area contributed by atoms with E-state index in [0.29, 0.717) is 84.5 Å². The Hall–Kier alpha value is -6.15. The van der Waals surface area contributed by atoms with Crippen LogP contribution in [0.2, 0.25) is 5.02 Å². The Morgan fingerprint density at radius 3 is 1.76 bits per heavy atom. The van der Waals surface area contributed by atoms with E-state index in [-0.39, 0.29) is 38.0 Å². The number of benzene rings is 2. The van der Waals surface area contributed by atoms with Gasteiger partial charge in [-0.25, -0.2) is 0 Å². The number of nitrogens with zero attached hydrogens (tertiary/aromatic N) is 11. The van der Waals surface area contributed by atoms with Gasteiger partial charge in [0.25, 0.3) is 0 Å². The number of fused-ring (bicyclic) bond motifs is 2. The van der Waals surface area contributed by atoms with Gasteiger partial charge in [-0.05, 0) is 55.9 Å². The van der Waals surface area contributed by atoms with Crippen molar-refractivity contribution in [1.29, 1.82) is 5.26 Å². The molecule has 4 N–H and O–H groups in total. The van der Waals surface area contributed by atoms with E-state index in [1.807, 2.05) is 21.9 Å². The molecule has 0 aliphatic carbocycles. The molecule has 3 fully saturated rings. The molecule has 0 atom stereocenters. The molecule has 2 amide bonds. The molecule has 386 valence electrons. The zero-order valence-electron chi connectivity index (χ0n) is 41.0. The molecule has 21 nitrogen and oxygen atoms in total. The Balaban J connectivity index is 0.000000250. The second kappa shape index (κ2) is 28.6. The monoisotopic (exact) mass is 1000 g/mol. The molecule has 0 saturated carbocycles. The lowest BCUT2D eigenvalue weighted by atomic mass is 10.0. The van der Waals surface area contributed by atoms with Gasteiger partial charge < -0.3 is 45.0 Å². The van der Waals surface area contributed by atoms with Crippen LogP contribution in [0.5, 0.6) is 6.01 Å². The number of carbonyl (C=O) groups excluding carboxylic acids is 2.